The van der Waals surface area contributed by atoms with Crippen molar-refractivity contribution in [3.8, 4) is 16.9 Å². The van der Waals surface area contributed by atoms with E-state index < -0.39 is 52.7 Å². The van der Waals surface area contributed by atoms with Crippen molar-refractivity contribution in [3.05, 3.63) is 47.6 Å². The molecule has 3 aliphatic rings. The van der Waals surface area contributed by atoms with Gasteiger partial charge in [0.05, 0.1) is 11.7 Å². The van der Waals surface area contributed by atoms with Gasteiger partial charge in [0.1, 0.15) is 23.8 Å². The van der Waals surface area contributed by atoms with Gasteiger partial charge >= 0.3 is 0 Å². The normalized spacial score (nSPS) is 31.0. The van der Waals surface area contributed by atoms with Crippen LogP contribution in [-0.4, -0.2) is 59.6 Å². The molecule has 170 valence electrons. The zero-order valence-electron chi connectivity index (χ0n) is 17.3. The van der Waals surface area contributed by atoms with Gasteiger partial charge in [-0.05, 0) is 42.4 Å². The molecule has 2 unspecified atom stereocenters. The van der Waals surface area contributed by atoms with Gasteiger partial charge in [0.2, 0.25) is 11.7 Å². The second-order valence-corrected chi connectivity index (χ2v) is 8.85. The van der Waals surface area contributed by atoms with E-state index >= 15 is 0 Å². The lowest BCUT2D eigenvalue weighted by Crippen LogP contribution is -2.66. The number of aromatic nitrogens is 2. The summed E-state index contributed by atoms with van der Waals surface area (Å²) in [6.07, 6.45) is 3.30. The standard InChI is InChI=1S/C23H21N3O7/c24-22(32)18-15(28)5-11-3-9-4-13-12(10-6-25-8-26-7-10)1-2-14(27)17(13)19(29)16(9)20(30)23(11,33)21(18)31/h1-2,6-9,11,15,18,27-29,33H,3-5H2,(H2,24,32)/t9-,11+,15?,18?,23+/m1/s1. The van der Waals surface area contributed by atoms with E-state index in [-0.39, 0.29) is 36.1 Å². The summed E-state index contributed by atoms with van der Waals surface area (Å²) in [5.74, 6) is -7.36. The van der Waals surface area contributed by atoms with Gasteiger partial charge < -0.3 is 26.2 Å². The quantitative estimate of drug-likeness (QED) is 0.393. The number of carbonyl (C=O) groups is 3. The Balaban J connectivity index is 1.67. The van der Waals surface area contributed by atoms with Crippen LogP contribution in [0.15, 0.2) is 36.4 Å². The Morgan fingerprint density at radius 1 is 1.12 bits per heavy atom. The monoisotopic (exact) mass is 451 g/mol. The number of hydrogen-bond donors (Lipinski definition) is 5. The fourth-order valence-electron chi connectivity index (χ4n) is 5.63. The Hall–Kier alpha value is -3.63. The van der Waals surface area contributed by atoms with Crippen molar-refractivity contribution >= 4 is 23.2 Å². The van der Waals surface area contributed by atoms with E-state index in [0.717, 1.165) is 0 Å². The lowest BCUT2D eigenvalue weighted by atomic mass is 9.56. The minimum absolute atomic E-state index is 0.0350. The molecule has 10 nitrogen and oxygen atoms in total. The lowest BCUT2D eigenvalue weighted by molar-refractivity contribution is -0.174. The number of phenolic OH excluding ortho intramolecular Hbond substituents is 1. The number of aliphatic hydroxyl groups is 3. The van der Waals surface area contributed by atoms with E-state index in [1.54, 1.807) is 18.5 Å². The molecule has 0 bridgehead atoms. The highest BCUT2D eigenvalue weighted by atomic mass is 16.3. The summed E-state index contributed by atoms with van der Waals surface area (Å²) in [5.41, 5.74) is 4.40. The minimum Gasteiger partial charge on any atom is -0.507 e. The number of nitrogens with two attached hydrogens (primary N) is 1. The summed E-state index contributed by atoms with van der Waals surface area (Å²) in [6, 6.07) is 3.03. The Kier molecular flexibility index (Phi) is 4.62. The molecule has 33 heavy (non-hydrogen) atoms. The zero-order valence-corrected chi connectivity index (χ0v) is 17.3. The number of hydrogen-bond acceptors (Lipinski definition) is 9. The number of primary amides is 1. The van der Waals surface area contributed by atoms with Crippen LogP contribution in [0.3, 0.4) is 0 Å². The first-order chi connectivity index (χ1) is 15.7. The molecule has 1 aromatic carbocycles. The van der Waals surface area contributed by atoms with Gasteiger partial charge in [-0.2, -0.15) is 0 Å². The van der Waals surface area contributed by atoms with Crippen LogP contribution in [0.1, 0.15) is 24.0 Å². The second kappa shape index (κ2) is 7.19. The van der Waals surface area contributed by atoms with Crippen molar-refractivity contribution in [3.63, 3.8) is 0 Å². The van der Waals surface area contributed by atoms with E-state index in [4.69, 9.17) is 5.73 Å². The number of aromatic hydroxyl groups is 1. The number of fused-ring (bicyclic) bond motifs is 3. The fourth-order valence-corrected chi connectivity index (χ4v) is 5.63. The Labute approximate surface area is 187 Å². The third kappa shape index (κ3) is 2.84. The fraction of sp³-hybridized carbons (Fsp3) is 0.348. The maximum absolute atomic E-state index is 13.5. The van der Waals surface area contributed by atoms with Gasteiger partial charge in [0, 0.05) is 29.4 Å². The van der Waals surface area contributed by atoms with Crippen LogP contribution in [0.5, 0.6) is 5.75 Å². The summed E-state index contributed by atoms with van der Waals surface area (Å²) >= 11 is 0. The highest BCUT2D eigenvalue weighted by molar-refractivity contribution is 6.24. The van der Waals surface area contributed by atoms with Crippen LogP contribution in [0, 0.1) is 17.8 Å². The first-order valence-corrected chi connectivity index (χ1v) is 10.5. The smallest absolute Gasteiger partial charge is 0.230 e. The maximum atomic E-state index is 13.5. The van der Waals surface area contributed by atoms with Crippen LogP contribution in [-0.2, 0) is 20.8 Å². The molecule has 2 saturated carbocycles. The third-order valence-electron chi connectivity index (χ3n) is 7.14. The van der Waals surface area contributed by atoms with Gasteiger partial charge in [-0.25, -0.2) is 9.97 Å². The van der Waals surface area contributed by atoms with E-state index in [9.17, 15) is 34.8 Å². The van der Waals surface area contributed by atoms with Gasteiger partial charge in [-0.1, -0.05) is 6.07 Å². The molecule has 1 aromatic heterocycles. The molecule has 5 atom stereocenters. The predicted octanol–water partition coefficient (Wildman–Crippen LogP) is 0.0459. The molecule has 0 spiro atoms. The summed E-state index contributed by atoms with van der Waals surface area (Å²) < 4.78 is 0. The molecule has 6 N–H and O–H groups in total. The van der Waals surface area contributed by atoms with Crippen molar-refractivity contribution in [1.82, 2.24) is 9.97 Å². The largest absolute Gasteiger partial charge is 0.507 e. The molecule has 2 aromatic rings. The first-order valence-electron chi connectivity index (χ1n) is 10.5. The van der Waals surface area contributed by atoms with Gasteiger partial charge in [0.25, 0.3) is 0 Å². The van der Waals surface area contributed by atoms with Gasteiger partial charge in [-0.3, -0.25) is 14.4 Å². The van der Waals surface area contributed by atoms with Crippen molar-refractivity contribution in [2.24, 2.45) is 23.5 Å². The number of Topliss-reactive ketones (excluding diaryl/α,β-unsaturated/α-hetero) is 2. The molecule has 3 aliphatic carbocycles. The number of aliphatic hydroxyl groups excluding tert-OH is 2. The number of carbonyl (C=O) groups excluding carboxylic acids is 3. The molecular weight excluding hydrogens is 430 g/mol. The number of benzene rings is 1. The van der Waals surface area contributed by atoms with Gasteiger partial charge in [-0.15, -0.1) is 0 Å². The van der Waals surface area contributed by atoms with E-state index in [0.29, 0.717) is 16.7 Å². The van der Waals surface area contributed by atoms with E-state index in [1.807, 2.05) is 0 Å². The minimum atomic E-state index is -2.59. The molecular formula is C23H21N3O7. The molecule has 1 amide bonds. The van der Waals surface area contributed by atoms with Crippen LogP contribution in [0.2, 0.25) is 0 Å². The molecule has 10 heteroatoms. The molecule has 2 fully saturated rings. The Morgan fingerprint density at radius 3 is 2.48 bits per heavy atom. The summed E-state index contributed by atoms with van der Waals surface area (Å²) in [4.78, 5) is 46.2. The number of ketones is 2. The summed E-state index contributed by atoms with van der Waals surface area (Å²) in [5, 5.41) is 43.2. The van der Waals surface area contributed by atoms with Crippen LogP contribution in [0.4, 0.5) is 0 Å². The molecule has 0 aliphatic heterocycles. The Morgan fingerprint density at radius 2 is 1.82 bits per heavy atom. The average molecular weight is 451 g/mol. The topological polar surface area (TPSA) is 184 Å². The lowest BCUT2D eigenvalue weighted by Gasteiger charge is -2.48. The van der Waals surface area contributed by atoms with Crippen molar-refractivity contribution in [1.29, 1.82) is 0 Å². The highest BCUT2D eigenvalue weighted by Crippen LogP contribution is 2.52. The van der Waals surface area contributed by atoms with Crippen LogP contribution < -0.4 is 5.73 Å². The second-order valence-electron chi connectivity index (χ2n) is 8.85. The molecule has 1 heterocycles. The molecule has 0 radical (unpaired) electrons. The SMILES string of the molecule is NC(=O)C1C(=O)[C@@]2(O)C(=O)C3=C(O)c4c(O)ccc(-c5cncnc5)c4C[C@H]3C[C@H]2CC1O. The number of amides is 1. The first kappa shape index (κ1) is 21.2. The zero-order chi connectivity index (χ0) is 23.7. The average Bonchev–Trinajstić information content (AvgIpc) is 2.76. The van der Waals surface area contributed by atoms with Gasteiger partial charge in [0.15, 0.2) is 11.4 Å². The van der Waals surface area contributed by atoms with Crippen LogP contribution >= 0.6 is 0 Å². The highest BCUT2D eigenvalue weighted by Gasteiger charge is 2.63. The molecule has 5 rings (SSSR count). The predicted molar refractivity (Wildman–Crippen MR) is 112 cm³/mol. The van der Waals surface area contributed by atoms with Crippen molar-refractivity contribution in [2.45, 2.75) is 31.0 Å². The van der Waals surface area contributed by atoms with Crippen molar-refractivity contribution < 1.29 is 34.8 Å². The summed E-state index contributed by atoms with van der Waals surface area (Å²) in [6.45, 7) is 0. The molecule has 0 saturated heterocycles. The van der Waals surface area contributed by atoms with E-state index in [1.165, 1.54) is 12.4 Å². The third-order valence-corrected chi connectivity index (χ3v) is 7.14. The number of nitrogens with zero attached hydrogens (tertiary/aromatic N) is 2. The summed E-state index contributed by atoms with van der Waals surface area (Å²) in [7, 11) is 0. The number of phenols is 1. The van der Waals surface area contributed by atoms with E-state index in [2.05, 4.69) is 9.97 Å². The maximum Gasteiger partial charge on any atom is 0.230 e. The Bertz CT molecular complexity index is 1240. The van der Waals surface area contributed by atoms with Crippen LogP contribution in [0.25, 0.3) is 16.9 Å². The van der Waals surface area contributed by atoms with Crippen molar-refractivity contribution in [2.75, 3.05) is 0 Å². The number of rotatable bonds is 2.